The zero-order chi connectivity index (χ0) is 17.5. The zero-order valence-electron chi connectivity index (χ0n) is 13.6. The predicted molar refractivity (Wildman–Crippen MR) is 93.0 cm³/mol. The molecule has 0 aromatic heterocycles. The van der Waals surface area contributed by atoms with Crippen LogP contribution >= 0.6 is 0 Å². The van der Waals surface area contributed by atoms with Crippen molar-refractivity contribution < 1.29 is 9.72 Å². The van der Waals surface area contributed by atoms with Gasteiger partial charge in [-0.05, 0) is 25.7 Å². The van der Waals surface area contributed by atoms with E-state index in [2.05, 4.69) is 10.6 Å². The van der Waals surface area contributed by atoms with Gasteiger partial charge in [-0.3, -0.25) is 10.1 Å². The Labute approximate surface area is 140 Å². The molecule has 2 amide bonds. The summed E-state index contributed by atoms with van der Waals surface area (Å²) in [5.74, 6) is 0. The topological polar surface area (TPSA) is 87.5 Å². The van der Waals surface area contributed by atoms with Gasteiger partial charge in [0.05, 0.1) is 11.0 Å². The minimum Gasteiger partial charge on any atom is -0.336 e. The minimum atomic E-state index is -0.499. The fraction of sp³-hybridized carbons (Fsp3) is 0.235. The Morgan fingerprint density at radius 1 is 1.17 bits per heavy atom. The van der Waals surface area contributed by atoms with Gasteiger partial charge in [0, 0.05) is 24.4 Å². The molecule has 0 bridgehead atoms. The molecule has 0 spiro atoms. The molecule has 0 saturated carbocycles. The molecule has 2 aromatic carbocycles. The Hall–Kier alpha value is -2.93. The van der Waals surface area contributed by atoms with Crippen LogP contribution in [-0.2, 0) is 0 Å². The number of nitrogens with zero attached hydrogens (tertiary/aromatic N) is 2. The van der Waals surface area contributed by atoms with Crippen molar-refractivity contribution in [3.63, 3.8) is 0 Å². The number of rotatable bonds is 6. The number of carbonyl (C=O) groups is 1. The Kier molecular flexibility index (Phi) is 5.86. The van der Waals surface area contributed by atoms with E-state index in [1.807, 2.05) is 49.3 Å². The van der Waals surface area contributed by atoms with Crippen molar-refractivity contribution in [1.82, 2.24) is 10.2 Å². The van der Waals surface area contributed by atoms with Crippen LogP contribution in [0.3, 0.4) is 0 Å². The van der Waals surface area contributed by atoms with Crippen molar-refractivity contribution in [3.05, 3.63) is 70.3 Å². The second-order valence-corrected chi connectivity index (χ2v) is 5.53. The molecule has 0 aliphatic carbocycles. The Morgan fingerprint density at radius 3 is 2.50 bits per heavy atom. The molecule has 0 fully saturated rings. The summed E-state index contributed by atoms with van der Waals surface area (Å²) in [6, 6.07) is 15.3. The molecule has 2 N–H and O–H groups in total. The molecule has 1 unspecified atom stereocenters. The number of hydrogen-bond donors (Lipinski definition) is 2. The van der Waals surface area contributed by atoms with E-state index in [4.69, 9.17) is 0 Å². The largest absolute Gasteiger partial charge is 0.336 e. The summed E-state index contributed by atoms with van der Waals surface area (Å²) >= 11 is 0. The number of amides is 2. The molecule has 2 aromatic rings. The summed E-state index contributed by atoms with van der Waals surface area (Å²) in [5.41, 5.74) is 1.41. The lowest BCUT2D eigenvalue weighted by atomic mass is 10.1. The second kappa shape index (κ2) is 8.07. The van der Waals surface area contributed by atoms with Crippen LogP contribution in [0.4, 0.5) is 16.2 Å². The summed E-state index contributed by atoms with van der Waals surface area (Å²) in [4.78, 5) is 24.3. The Bertz CT molecular complexity index is 704. The molecule has 7 heteroatoms. The molecule has 0 aliphatic rings. The summed E-state index contributed by atoms with van der Waals surface area (Å²) in [7, 11) is 3.88. The Balaban J connectivity index is 1.96. The minimum absolute atomic E-state index is 0.0297. The van der Waals surface area contributed by atoms with Gasteiger partial charge in [0.2, 0.25) is 0 Å². The van der Waals surface area contributed by atoms with Gasteiger partial charge in [-0.1, -0.05) is 36.4 Å². The first kappa shape index (κ1) is 17.4. The number of nitro groups is 1. The molecule has 24 heavy (non-hydrogen) atoms. The van der Waals surface area contributed by atoms with E-state index in [1.54, 1.807) is 6.07 Å². The third-order valence-corrected chi connectivity index (χ3v) is 3.58. The van der Waals surface area contributed by atoms with Gasteiger partial charge in [-0.25, -0.2) is 4.79 Å². The molecule has 126 valence electrons. The second-order valence-electron chi connectivity index (χ2n) is 5.53. The number of likely N-dealkylation sites (N-methyl/N-ethyl adjacent to an activating group) is 1. The average molecular weight is 328 g/mol. The van der Waals surface area contributed by atoms with E-state index >= 15 is 0 Å². The van der Waals surface area contributed by atoms with Crippen molar-refractivity contribution in [3.8, 4) is 0 Å². The number of nitro benzene ring substituents is 1. The van der Waals surface area contributed by atoms with Gasteiger partial charge < -0.3 is 15.5 Å². The van der Waals surface area contributed by atoms with E-state index in [0.717, 1.165) is 5.56 Å². The van der Waals surface area contributed by atoms with Gasteiger partial charge in [0.15, 0.2) is 0 Å². The van der Waals surface area contributed by atoms with Crippen LogP contribution in [0.2, 0.25) is 0 Å². The molecule has 1 atom stereocenters. The van der Waals surface area contributed by atoms with Gasteiger partial charge in [0.25, 0.3) is 5.69 Å². The lowest BCUT2D eigenvalue weighted by Gasteiger charge is -2.25. The van der Waals surface area contributed by atoms with Crippen LogP contribution in [0.15, 0.2) is 54.6 Å². The number of urea groups is 1. The SMILES string of the molecule is CN(C)C(CNC(=O)Nc1cccc([N+](=O)[O-])c1)c1ccccc1. The van der Waals surface area contributed by atoms with Gasteiger partial charge >= 0.3 is 6.03 Å². The van der Waals surface area contributed by atoms with E-state index in [-0.39, 0.29) is 11.7 Å². The number of nitrogens with one attached hydrogen (secondary N) is 2. The highest BCUT2D eigenvalue weighted by molar-refractivity contribution is 5.89. The lowest BCUT2D eigenvalue weighted by Crippen LogP contribution is -2.36. The normalized spacial score (nSPS) is 11.8. The quantitative estimate of drug-likeness (QED) is 0.630. The maximum atomic E-state index is 12.0. The maximum absolute atomic E-state index is 12.0. The number of hydrogen-bond acceptors (Lipinski definition) is 4. The summed E-state index contributed by atoms with van der Waals surface area (Å²) in [5, 5.41) is 16.2. The molecule has 0 heterocycles. The van der Waals surface area contributed by atoms with E-state index < -0.39 is 11.0 Å². The number of anilines is 1. The van der Waals surface area contributed by atoms with Crippen molar-refractivity contribution in [1.29, 1.82) is 0 Å². The fourth-order valence-electron chi connectivity index (χ4n) is 2.34. The van der Waals surface area contributed by atoms with Crippen molar-refractivity contribution >= 4 is 17.4 Å². The number of non-ortho nitro benzene ring substituents is 1. The van der Waals surface area contributed by atoms with Crippen LogP contribution in [0.5, 0.6) is 0 Å². The lowest BCUT2D eigenvalue weighted by molar-refractivity contribution is -0.384. The van der Waals surface area contributed by atoms with Gasteiger partial charge in [-0.15, -0.1) is 0 Å². The summed E-state index contributed by atoms with van der Waals surface area (Å²) in [6.07, 6.45) is 0. The zero-order valence-corrected chi connectivity index (χ0v) is 13.6. The highest BCUT2D eigenvalue weighted by atomic mass is 16.6. The van der Waals surface area contributed by atoms with E-state index in [1.165, 1.54) is 18.2 Å². The molecular formula is C17H20N4O3. The van der Waals surface area contributed by atoms with Crippen molar-refractivity contribution in [2.75, 3.05) is 26.0 Å². The first-order valence-electron chi connectivity index (χ1n) is 7.48. The molecule has 7 nitrogen and oxygen atoms in total. The first-order chi connectivity index (χ1) is 11.5. The molecule has 2 rings (SSSR count). The monoisotopic (exact) mass is 328 g/mol. The van der Waals surface area contributed by atoms with Crippen LogP contribution < -0.4 is 10.6 Å². The smallest absolute Gasteiger partial charge is 0.319 e. The molecule has 0 aliphatic heterocycles. The molecule has 0 radical (unpaired) electrons. The maximum Gasteiger partial charge on any atom is 0.319 e. The molecular weight excluding hydrogens is 308 g/mol. The van der Waals surface area contributed by atoms with Crippen molar-refractivity contribution in [2.24, 2.45) is 0 Å². The average Bonchev–Trinajstić information content (AvgIpc) is 2.56. The summed E-state index contributed by atoms with van der Waals surface area (Å²) in [6.45, 7) is 0.414. The highest BCUT2D eigenvalue weighted by Crippen LogP contribution is 2.18. The Morgan fingerprint density at radius 2 is 1.88 bits per heavy atom. The standard InChI is InChI=1S/C17H20N4O3/c1-20(2)16(13-7-4-3-5-8-13)12-18-17(22)19-14-9-6-10-15(11-14)21(23)24/h3-11,16H,12H2,1-2H3,(H2,18,19,22). The van der Waals surface area contributed by atoms with Gasteiger partial charge in [-0.2, -0.15) is 0 Å². The fourth-order valence-corrected chi connectivity index (χ4v) is 2.34. The summed E-state index contributed by atoms with van der Waals surface area (Å²) < 4.78 is 0. The van der Waals surface area contributed by atoms with Crippen LogP contribution in [0, 0.1) is 10.1 Å². The number of carbonyl (C=O) groups excluding carboxylic acids is 1. The first-order valence-corrected chi connectivity index (χ1v) is 7.48. The van der Waals surface area contributed by atoms with Crippen LogP contribution in [0.25, 0.3) is 0 Å². The van der Waals surface area contributed by atoms with Crippen molar-refractivity contribution in [2.45, 2.75) is 6.04 Å². The van der Waals surface area contributed by atoms with Crippen LogP contribution in [-0.4, -0.2) is 36.5 Å². The molecule has 0 saturated heterocycles. The van der Waals surface area contributed by atoms with Crippen LogP contribution in [0.1, 0.15) is 11.6 Å². The van der Waals surface area contributed by atoms with E-state index in [9.17, 15) is 14.9 Å². The predicted octanol–water partition coefficient (Wildman–Crippen LogP) is 3.02. The van der Waals surface area contributed by atoms with E-state index in [0.29, 0.717) is 12.2 Å². The van der Waals surface area contributed by atoms with Gasteiger partial charge in [0.1, 0.15) is 0 Å². The number of benzene rings is 2. The highest BCUT2D eigenvalue weighted by Gasteiger charge is 2.15. The third-order valence-electron chi connectivity index (χ3n) is 3.58. The third kappa shape index (κ3) is 4.79.